The minimum atomic E-state index is -0.172. The molecule has 4 heteroatoms. The van der Waals surface area contributed by atoms with Gasteiger partial charge in [-0.1, -0.05) is 0 Å². The molecule has 0 aliphatic carbocycles. The summed E-state index contributed by atoms with van der Waals surface area (Å²) < 4.78 is 6.03. The van der Waals surface area contributed by atoms with E-state index in [0.29, 0.717) is 6.61 Å². The summed E-state index contributed by atoms with van der Waals surface area (Å²) in [5.74, 6) is 2.04. The third-order valence-corrected chi connectivity index (χ3v) is 4.36. The van der Waals surface area contributed by atoms with Crippen molar-refractivity contribution in [3.05, 3.63) is 9.81 Å². The fourth-order valence-electron chi connectivity index (χ4n) is 0.850. The number of esters is 1. The van der Waals surface area contributed by atoms with Crippen molar-refractivity contribution in [2.24, 2.45) is 0 Å². The van der Waals surface area contributed by atoms with E-state index in [4.69, 9.17) is 4.74 Å². The van der Waals surface area contributed by atoms with Gasteiger partial charge in [-0.05, 0) is 13.8 Å². The zero-order valence-corrected chi connectivity index (χ0v) is 8.89. The lowest BCUT2D eigenvalue weighted by molar-refractivity contribution is -0.138. The van der Waals surface area contributed by atoms with E-state index in [1.54, 1.807) is 23.5 Å². The van der Waals surface area contributed by atoms with Crippen LogP contribution in [0.3, 0.4) is 0 Å². The van der Waals surface area contributed by atoms with Gasteiger partial charge >= 0.3 is 5.97 Å². The standard InChI is InChI=1S/C8H12O2S2/c1-3-10-7(9)6(2)8-11-4-5-12-8/h3-5H2,1-2H3. The van der Waals surface area contributed by atoms with Crippen LogP contribution in [0.25, 0.3) is 0 Å². The number of rotatable bonds is 2. The molecular weight excluding hydrogens is 192 g/mol. The van der Waals surface area contributed by atoms with E-state index in [1.807, 2.05) is 13.8 Å². The van der Waals surface area contributed by atoms with Crippen LogP contribution in [0.1, 0.15) is 13.8 Å². The molecule has 0 atom stereocenters. The molecule has 0 amide bonds. The molecule has 2 nitrogen and oxygen atoms in total. The highest BCUT2D eigenvalue weighted by Crippen LogP contribution is 2.38. The predicted molar refractivity (Wildman–Crippen MR) is 54.2 cm³/mol. The van der Waals surface area contributed by atoms with Gasteiger partial charge in [-0.2, -0.15) is 0 Å². The van der Waals surface area contributed by atoms with Crippen LogP contribution in [-0.2, 0) is 9.53 Å². The Morgan fingerprint density at radius 2 is 2.08 bits per heavy atom. The van der Waals surface area contributed by atoms with Crippen molar-refractivity contribution < 1.29 is 9.53 Å². The van der Waals surface area contributed by atoms with Gasteiger partial charge in [0.25, 0.3) is 0 Å². The second-order valence-electron chi connectivity index (χ2n) is 2.33. The maximum atomic E-state index is 11.2. The molecule has 0 radical (unpaired) electrons. The summed E-state index contributed by atoms with van der Waals surface area (Å²) in [7, 11) is 0. The molecule has 12 heavy (non-hydrogen) atoms. The molecule has 1 aliphatic rings. The average molecular weight is 204 g/mol. The first-order valence-electron chi connectivity index (χ1n) is 3.89. The number of hydrogen-bond donors (Lipinski definition) is 0. The summed E-state index contributed by atoms with van der Waals surface area (Å²) in [4.78, 5) is 11.2. The van der Waals surface area contributed by atoms with Gasteiger partial charge in [0.2, 0.25) is 0 Å². The van der Waals surface area contributed by atoms with Crippen LogP contribution in [0, 0.1) is 0 Å². The van der Waals surface area contributed by atoms with E-state index >= 15 is 0 Å². The zero-order chi connectivity index (χ0) is 8.97. The molecule has 0 aromatic rings. The van der Waals surface area contributed by atoms with Crippen LogP contribution in [0.15, 0.2) is 9.81 Å². The third kappa shape index (κ3) is 2.45. The van der Waals surface area contributed by atoms with Gasteiger partial charge in [0.05, 0.1) is 16.4 Å². The molecule has 1 saturated heterocycles. The highest BCUT2D eigenvalue weighted by molar-refractivity contribution is 8.25. The first-order chi connectivity index (χ1) is 5.75. The van der Waals surface area contributed by atoms with Gasteiger partial charge in [0, 0.05) is 11.5 Å². The van der Waals surface area contributed by atoms with E-state index in [9.17, 15) is 4.79 Å². The summed E-state index contributed by atoms with van der Waals surface area (Å²) >= 11 is 3.49. The van der Waals surface area contributed by atoms with Gasteiger partial charge < -0.3 is 4.74 Å². The molecule has 0 spiro atoms. The first-order valence-corrected chi connectivity index (χ1v) is 5.86. The minimum absolute atomic E-state index is 0.172. The molecular formula is C8H12O2S2. The van der Waals surface area contributed by atoms with Gasteiger partial charge in [0.1, 0.15) is 0 Å². The number of ether oxygens (including phenoxy) is 1. The molecule has 0 bridgehead atoms. The largest absolute Gasteiger partial charge is 0.463 e. The van der Waals surface area contributed by atoms with Crippen LogP contribution in [0.4, 0.5) is 0 Å². The predicted octanol–water partition coefficient (Wildman–Crippen LogP) is 2.26. The number of carbonyl (C=O) groups excluding carboxylic acids is 1. The normalized spacial score (nSPS) is 16.3. The molecule has 0 aromatic heterocycles. The van der Waals surface area contributed by atoms with Crippen LogP contribution >= 0.6 is 23.5 Å². The maximum Gasteiger partial charge on any atom is 0.335 e. The highest BCUT2D eigenvalue weighted by atomic mass is 32.2. The smallest absolute Gasteiger partial charge is 0.335 e. The van der Waals surface area contributed by atoms with E-state index in [-0.39, 0.29) is 5.97 Å². The summed E-state index contributed by atoms with van der Waals surface area (Å²) in [6.45, 7) is 4.11. The Balaban J connectivity index is 2.60. The molecule has 1 aliphatic heterocycles. The lowest BCUT2D eigenvalue weighted by atomic mass is 10.4. The quantitative estimate of drug-likeness (QED) is 0.509. The van der Waals surface area contributed by atoms with Crippen molar-refractivity contribution in [1.29, 1.82) is 0 Å². The Hall–Kier alpha value is -0.0900. The Bertz CT molecular complexity index is 203. The van der Waals surface area contributed by atoms with Crippen molar-refractivity contribution in [2.45, 2.75) is 13.8 Å². The van der Waals surface area contributed by atoms with E-state index in [1.165, 1.54) is 0 Å². The van der Waals surface area contributed by atoms with Crippen LogP contribution in [0.5, 0.6) is 0 Å². The van der Waals surface area contributed by atoms with Crippen molar-refractivity contribution >= 4 is 29.5 Å². The van der Waals surface area contributed by atoms with Crippen molar-refractivity contribution in [3.8, 4) is 0 Å². The molecule has 68 valence electrons. The molecule has 1 rings (SSSR count). The molecule has 0 unspecified atom stereocenters. The summed E-state index contributed by atoms with van der Waals surface area (Å²) in [6, 6.07) is 0. The van der Waals surface area contributed by atoms with Crippen molar-refractivity contribution in [1.82, 2.24) is 0 Å². The van der Waals surface area contributed by atoms with E-state index in [2.05, 4.69) is 0 Å². The fraction of sp³-hybridized carbons (Fsp3) is 0.625. The first kappa shape index (κ1) is 9.99. The van der Waals surface area contributed by atoms with E-state index in [0.717, 1.165) is 21.3 Å². The van der Waals surface area contributed by atoms with Gasteiger partial charge in [0.15, 0.2) is 0 Å². The summed E-state index contributed by atoms with van der Waals surface area (Å²) in [6.07, 6.45) is 0. The van der Waals surface area contributed by atoms with Crippen LogP contribution in [0.2, 0.25) is 0 Å². The number of hydrogen-bond acceptors (Lipinski definition) is 4. The maximum absolute atomic E-state index is 11.2. The lowest BCUT2D eigenvalue weighted by Crippen LogP contribution is -2.05. The van der Waals surface area contributed by atoms with Gasteiger partial charge in [-0.25, -0.2) is 4.79 Å². The zero-order valence-electron chi connectivity index (χ0n) is 7.25. The topological polar surface area (TPSA) is 26.3 Å². The third-order valence-electron chi connectivity index (χ3n) is 1.44. The van der Waals surface area contributed by atoms with Gasteiger partial charge in [-0.3, -0.25) is 0 Å². The Morgan fingerprint density at radius 1 is 1.50 bits per heavy atom. The molecule has 1 fully saturated rings. The average Bonchev–Trinajstić information content (AvgIpc) is 2.55. The monoisotopic (exact) mass is 204 g/mol. The Morgan fingerprint density at radius 3 is 2.58 bits per heavy atom. The van der Waals surface area contributed by atoms with Crippen molar-refractivity contribution in [3.63, 3.8) is 0 Å². The van der Waals surface area contributed by atoms with Crippen molar-refractivity contribution in [2.75, 3.05) is 18.1 Å². The fourth-order valence-corrected chi connectivity index (χ4v) is 3.32. The number of thioether (sulfide) groups is 2. The number of carbonyl (C=O) groups is 1. The molecule has 1 heterocycles. The van der Waals surface area contributed by atoms with E-state index < -0.39 is 0 Å². The minimum Gasteiger partial charge on any atom is -0.463 e. The lowest BCUT2D eigenvalue weighted by Gasteiger charge is -2.03. The summed E-state index contributed by atoms with van der Waals surface area (Å²) in [5.41, 5.74) is 0.768. The second-order valence-corrected chi connectivity index (χ2v) is 4.80. The molecule has 0 N–H and O–H groups in total. The van der Waals surface area contributed by atoms with Crippen LogP contribution in [-0.4, -0.2) is 24.1 Å². The highest BCUT2D eigenvalue weighted by Gasteiger charge is 2.16. The molecule has 0 saturated carbocycles. The SMILES string of the molecule is CCOC(=O)C(C)=C1SCCS1. The van der Waals surface area contributed by atoms with Gasteiger partial charge in [-0.15, -0.1) is 23.5 Å². The Labute approximate surface area is 81.1 Å². The summed E-state index contributed by atoms with van der Waals surface area (Å²) in [5, 5.41) is 0. The Kier molecular flexibility index (Phi) is 4.01. The molecule has 0 aromatic carbocycles. The second kappa shape index (κ2) is 4.82. The van der Waals surface area contributed by atoms with Crippen LogP contribution < -0.4 is 0 Å².